The molecule has 5 aliphatic carbocycles. The highest BCUT2D eigenvalue weighted by Crippen LogP contribution is 2.60. The molecule has 1 aromatic rings. The van der Waals surface area contributed by atoms with E-state index in [4.69, 9.17) is 0 Å². The Kier molecular flexibility index (Phi) is 4.52. The molecule has 1 N–H and O–H groups in total. The van der Waals surface area contributed by atoms with Crippen LogP contribution < -0.4 is 5.32 Å². The highest BCUT2D eigenvalue weighted by Gasteiger charge is 2.54. The standard InChI is InChI=1S/C26H36N2O/c29-25(26-13-19-9-20(14-26)11-21(10-19)15-26)27-24-7-8-28(17-24)16-18-5-6-22-3-1-2-4-23(22)12-18/h1-4,18-21,24H,5-17H2,(H,27,29). The maximum absolute atomic E-state index is 13.4. The Bertz CT molecular complexity index is 751. The monoisotopic (exact) mass is 392 g/mol. The second-order valence-electron chi connectivity index (χ2n) is 11.3. The van der Waals surface area contributed by atoms with Crippen LogP contribution in [-0.4, -0.2) is 36.5 Å². The molecule has 0 spiro atoms. The molecule has 6 aliphatic rings. The topological polar surface area (TPSA) is 32.3 Å². The SMILES string of the molecule is O=C(NC1CCN(CC2CCc3ccccc3C2)C1)C12CC3CC(CC(C3)C1)C2. The molecule has 1 aliphatic heterocycles. The van der Waals surface area contributed by atoms with E-state index in [2.05, 4.69) is 34.5 Å². The van der Waals surface area contributed by atoms with Gasteiger partial charge in [0.15, 0.2) is 0 Å². The van der Waals surface area contributed by atoms with Crippen LogP contribution in [0.4, 0.5) is 0 Å². The van der Waals surface area contributed by atoms with Crippen molar-refractivity contribution in [3.8, 4) is 0 Å². The number of amides is 1. The molecule has 2 unspecified atom stereocenters. The highest BCUT2D eigenvalue weighted by atomic mass is 16.2. The van der Waals surface area contributed by atoms with Crippen LogP contribution in [0.2, 0.25) is 0 Å². The number of hydrogen-bond acceptors (Lipinski definition) is 2. The number of fused-ring (bicyclic) bond motifs is 1. The van der Waals surface area contributed by atoms with Crippen LogP contribution in [0.15, 0.2) is 24.3 Å². The van der Waals surface area contributed by atoms with Crippen molar-refractivity contribution in [1.82, 2.24) is 10.2 Å². The van der Waals surface area contributed by atoms with Crippen molar-refractivity contribution in [3.63, 3.8) is 0 Å². The van der Waals surface area contributed by atoms with Crippen molar-refractivity contribution < 1.29 is 4.79 Å². The van der Waals surface area contributed by atoms with Crippen molar-refractivity contribution in [3.05, 3.63) is 35.4 Å². The molecular formula is C26H36N2O. The molecule has 3 heteroatoms. The molecule has 156 valence electrons. The molecule has 1 saturated heterocycles. The number of nitrogens with one attached hydrogen (secondary N) is 1. The summed E-state index contributed by atoms with van der Waals surface area (Å²) in [6.07, 6.45) is 12.7. The molecule has 0 aromatic heterocycles. The van der Waals surface area contributed by atoms with Gasteiger partial charge in [-0.1, -0.05) is 24.3 Å². The summed E-state index contributed by atoms with van der Waals surface area (Å²) in [7, 11) is 0. The molecule has 5 fully saturated rings. The summed E-state index contributed by atoms with van der Waals surface area (Å²) in [6.45, 7) is 3.43. The third-order valence-electron chi connectivity index (χ3n) is 9.09. The summed E-state index contributed by atoms with van der Waals surface area (Å²) in [6, 6.07) is 9.37. The number of likely N-dealkylation sites (tertiary alicyclic amines) is 1. The van der Waals surface area contributed by atoms with E-state index in [-0.39, 0.29) is 5.41 Å². The molecule has 1 aromatic carbocycles. The minimum absolute atomic E-state index is 0.00918. The highest BCUT2D eigenvalue weighted by molar-refractivity contribution is 5.83. The first-order valence-electron chi connectivity index (χ1n) is 12.3. The molecule has 1 heterocycles. The van der Waals surface area contributed by atoms with E-state index in [1.54, 1.807) is 11.1 Å². The lowest BCUT2D eigenvalue weighted by molar-refractivity contribution is -0.146. The van der Waals surface area contributed by atoms with E-state index in [1.807, 2.05) is 0 Å². The quantitative estimate of drug-likeness (QED) is 0.833. The maximum Gasteiger partial charge on any atom is 0.226 e. The average molecular weight is 393 g/mol. The smallest absolute Gasteiger partial charge is 0.226 e. The minimum atomic E-state index is 0.00918. The van der Waals surface area contributed by atoms with Gasteiger partial charge < -0.3 is 10.2 Å². The lowest BCUT2D eigenvalue weighted by Crippen LogP contribution is -2.55. The van der Waals surface area contributed by atoms with Crippen molar-refractivity contribution >= 4 is 5.91 Å². The summed E-state index contributed by atoms with van der Waals surface area (Å²) in [5.74, 6) is 3.75. The molecule has 1 amide bonds. The van der Waals surface area contributed by atoms with Gasteiger partial charge in [0.25, 0.3) is 0 Å². The van der Waals surface area contributed by atoms with Crippen molar-refractivity contribution in [2.24, 2.45) is 29.1 Å². The van der Waals surface area contributed by atoms with Gasteiger partial charge in [-0.15, -0.1) is 0 Å². The van der Waals surface area contributed by atoms with Crippen LogP contribution in [0.25, 0.3) is 0 Å². The van der Waals surface area contributed by atoms with Crippen LogP contribution in [0.5, 0.6) is 0 Å². The van der Waals surface area contributed by atoms with E-state index in [1.165, 1.54) is 64.3 Å². The molecule has 29 heavy (non-hydrogen) atoms. The number of hydrogen-bond donors (Lipinski definition) is 1. The zero-order valence-corrected chi connectivity index (χ0v) is 17.7. The van der Waals surface area contributed by atoms with Crippen LogP contribution in [0.1, 0.15) is 62.5 Å². The number of carbonyl (C=O) groups excluding carboxylic acids is 1. The minimum Gasteiger partial charge on any atom is -0.352 e. The van der Waals surface area contributed by atoms with Crippen LogP contribution >= 0.6 is 0 Å². The van der Waals surface area contributed by atoms with E-state index >= 15 is 0 Å². The van der Waals surface area contributed by atoms with Crippen molar-refractivity contribution in [2.75, 3.05) is 19.6 Å². The predicted molar refractivity (Wildman–Crippen MR) is 116 cm³/mol. The number of rotatable bonds is 4. The van der Waals surface area contributed by atoms with E-state index < -0.39 is 0 Å². The second kappa shape index (κ2) is 7.11. The number of nitrogens with zero attached hydrogens (tertiary/aromatic N) is 1. The van der Waals surface area contributed by atoms with Crippen molar-refractivity contribution in [1.29, 1.82) is 0 Å². The van der Waals surface area contributed by atoms with Gasteiger partial charge in [0, 0.05) is 31.1 Å². The zero-order chi connectivity index (χ0) is 19.4. The number of benzene rings is 1. The van der Waals surface area contributed by atoms with Gasteiger partial charge in [-0.25, -0.2) is 0 Å². The largest absolute Gasteiger partial charge is 0.352 e. The Balaban J connectivity index is 1.04. The predicted octanol–water partition coefficient (Wildman–Crippen LogP) is 4.20. The van der Waals surface area contributed by atoms with E-state index in [0.717, 1.165) is 43.2 Å². The molecule has 4 saturated carbocycles. The maximum atomic E-state index is 13.4. The van der Waals surface area contributed by atoms with Gasteiger partial charge in [0.2, 0.25) is 5.91 Å². The van der Waals surface area contributed by atoms with Crippen LogP contribution in [0, 0.1) is 29.1 Å². The molecular weight excluding hydrogens is 356 g/mol. The van der Waals surface area contributed by atoms with Crippen LogP contribution in [0.3, 0.4) is 0 Å². The fraction of sp³-hybridized carbons (Fsp3) is 0.731. The van der Waals surface area contributed by atoms with E-state index in [0.29, 0.717) is 11.9 Å². The van der Waals surface area contributed by atoms with Gasteiger partial charge in [-0.05, 0) is 99.0 Å². The summed E-state index contributed by atoms with van der Waals surface area (Å²) in [5, 5.41) is 3.54. The normalized spacial score (nSPS) is 40.8. The van der Waals surface area contributed by atoms with Gasteiger partial charge in [-0.3, -0.25) is 4.79 Å². The zero-order valence-electron chi connectivity index (χ0n) is 17.7. The van der Waals surface area contributed by atoms with Gasteiger partial charge >= 0.3 is 0 Å². The van der Waals surface area contributed by atoms with Gasteiger partial charge in [0.05, 0.1) is 0 Å². The molecule has 3 nitrogen and oxygen atoms in total. The Morgan fingerprint density at radius 2 is 1.69 bits per heavy atom. The first kappa shape index (κ1) is 18.4. The average Bonchev–Trinajstić information content (AvgIpc) is 3.13. The van der Waals surface area contributed by atoms with Gasteiger partial charge in [0.1, 0.15) is 0 Å². The van der Waals surface area contributed by atoms with Crippen molar-refractivity contribution in [2.45, 2.75) is 70.3 Å². The summed E-state index contributed by atoms with van der Waals surface area (Å²) in [5.41, 5.74) is 3.13. The first-order valence-corrected chi connectivity index (χ1v) is 12.3. The lowest BCUT2D eigenvalue weighted by Gasteiger charge is -2.55. The lowest BCUT2D eigenvalue weighted by atomic mass is 9.49. The second-order valence-corrected chi connectivity index (χ2v) is 11.3. The Morgan fingerprint density at radius 1 is 1.00 bits per heavy atom. The van der Waals surface area contributed by atoms with E-state index in [9.17, 15) is 4.79 Å². The first-order chi connectivity index (χ1) is 14.1. The molecule has 0 radical (unpaired) electrons. The Morgan fingerprint density at radius 3 is 2.41 bits per heavy atom. The molecule has 7 rings (SSSR count). The number of aryl methyl sites for hydroxylation is 1. The summed E-state index contributed by atoms with van der Waals surface area (Å²) < 4.78 is 0. The van der Waals surface area contributed by atoms with Crippen LogP contribution in [-0.2, 0) is 17.6 Å². The third-order valence-corrected chi connectivity index (χ3v) is 9.09. The summed E-state index contributed by atoms with van der Waals surface area (Å²) >= 11 is 0. The molecule has 2 atom stereocenters. The Labute approximate surface area is 175 Å². The molecule has 4 bridgehead atoms. The van der Waals surface area contributed by atoms with Gasteiger partial charge in [-0.2, -0.15) is 0 Å². The Hall–Kier alpha value is -1.35. The summed E-state index contributed by atoms with van der Waals surface area (Å²) in [4.78, 5) is 16.0. The fourth-order valence-corrected chi connectivity index (χ4v) is 8.14. The number of carbonyl (C=O) groups is 1. The third kappa shape index (κ3) is 3.44. The fourth-order valence-electron chi connectivity index (χ4n) is 8.14.